The Hall–Kier alpha value is -1.71. The Bertz CT molecular complexity index is 425. The fraction of sp³-hybridized carbons (Fsp3) is 0.111. The van der Waals surface area contributed by atoms with E-state index in [0.717, 1.165) is 0 Å². The normalized spacial score (nSPS) is 10.3. The van der Waals surface area contributed by atoms with Crippen molar-refractivity contribution in [1.82, 2.24) is 10.1 Å². The molecule has 1 heterocycles. The van der Waals surface area contributed by atoms with Crippen molar-refractivity contribution in [3.8, 4) is 11.5 Å². The van der Waals surface area contributed by atoms with Crippen LogP contribution in [0.2, 0.25) is 0 Å². The quantitative estimate of drug-likeness (QED) is 0.668. The Morgan fingerprint density at radius 1 is 1.54 bits per heavy atom. The molecule has 1 aromatic carbocycles. The summed E-state index contributed by atoms with van der Waals surface area (Å²) in [7, 11) is 0. The zero-order valence-corrected chi connectivity index (χ0v) is 6.91. The Morgan fingerprint density at radius 2 is 2.38 bits per heavy atom. The van der Waals surface area contributed by atoms with E-state index in [1.54, 1.807) is 6.92 Å². The maximum atomic E-state index is 12.7. The van der Waals surface area contributed by atoms with Gasteiger partial charge in [-0.15, -0.1) is 0 Å². The maximum absolute atomic E-state index is 12.7. The minimum absolute atomic E-state index is 0.289. The summed E-state index contributed by atoms with van der Waals surface area (Å²) in [4.78, 5) is 3.95. The first-order valence-electron chi connectivity index (χ1n) is 3.73. The lowest BCUT2D eigenvalue weighted by molar-refractivity contribution is 0.425. The van der Waals surface area contributed by atoms with Gasteiger partial charge < -0.3 is 4.52 Å². The molecule has 0 bridgehead atoms. The van der Waals surface area contributed by atoms with Crippen LogP contribution in [0, 0.1) is 18.8 Å². The molecule has 0 N–H and O–H groups in total. The molecule has 0 aliphatic rings. The lowest BCUT2D eigenvalue weighted by atomic mass is 10.2. The minimum atomic E-state index is -0.343. The lowest BCUT2D eigenvalue weighted by Crippen LogP contribution is -1.80. The van der Waals surface area contributed by atoms with Crippen molar-refractivity contribution in [3.63, 3.8) is 0 Å². The van der Waals surface area contributed by atoms with Gasteiger partial charge in [-0.1, -0.05) is 11.2 Å². The van der Waals surface area contributed by atoms with Gasteiger partial charge >= 0.3 is 0 Å². The topological polar surface area (TPSA) is 38.9 Å². The van der Waals surface area contributed by atoms with Gasteiger partial charge in [0.15, 0.2) is 5.82 Å². The maximum Gasteiger partial charge on any atom is 0.258 e. The van der Waals surface area contributed by atoms with Gasteiger partial charge in [-0.2, -0.15) is 4.98 Å². The number of nitrogens with zero attached hydrogens (tertiary/aromatic N) is 2. The van der Waals surface area contributed by atoms with Crippen molar-refractivity contribution in [3.05, 3.63) is 35.9 Å². The Kier molecular flexibility index (Phi) is 1.81. The van der Waals surface area contributed by atoms with Crippen LogP contribution < -0.4 is 0 Å². The van der Waals surface area contributed by atoms with Crippen LogP contribution in [0.3, 0.4) is 0 Å². The summed E-state index contributed by atoms with van der Waals surface area (Å²) in [5.74, 6) is 0.467. The summed E-state index contributed by atoms with van der Waals surface area (Å²) in [6.07, 6.45) is 0. The SMILES string of the molecule is Cc1noc(-c2[c]ccc(F)c2)n1. The van der Waals surface area contributed by atoms with E-state index in [1.165, 1.54) is 18.2 Å². The molecular formula is C9H6FN2O. The molecule has 3 nitrogen and oxygen atoms in total. The largest absolute Gasteiger partial charge is 0.334 e. The predicted molar refractivity (Wildman–Crippen MR) is 43.3 cm³/mol. The molecule has 0 atom stereocenters. The Morgan fingerprint density at radius 3 is 3.00 bits per heavy atom. The zero-order valence-electron chi connectivity index (χ0n) is 6.91. The van der Waals surface area contributed by atoms with E-state index in [-0.39, 0.29) is 11.7 Å². The van der Waals surface area contributed by atoms with Crippen LogP contribution in [-0.2, 0) is 0 Å². The molecule has 0 saturated heterocycles. The molecule has 2 rings (SSSR count). The molecule has 4 heteroatoms. The summed E-state index contributed by atoms with van der Waals surface area (Å²) in [5, 5.41) is 3.59. The molecule has 0 spiro atoms. The van der Waals surface area contributed by atoms with Gasteiger partial charge in [0.25, 0.3) is 5.89 Å². The fourth-order valence-corrected chi connectivity index (χ4v) is 0.969. The highest BCUT2D eigenvalue weighted by atomic mass is 19.1. The molecule has 1 radical (unpaired) electrons. The number of halogens is 1. The van der Waals surface area contributed by atoms with Crippen LogP contribution in [0.15, 0.2) is 22.7 Å². The lowest BCUT2D eigenvalue weighted by Gasteiger charge is -1.91. The molecule has 0 saturated carbocycles. The first kappa shape index (κ1) is 7.91. The van der Waals surface area contributed by atoms with E-state index in [9.17, 15) is 4.39 Å². The van der Waals surface area contributed by atoms with Gasteiger partial charge in [0, 0.05) is 0 Å². The van der Waals surface area contributed by atoms with Gasteiger partial charge in [0.2, 0.25) is 0 Å². The van der Waals surface area contributed by atoms with Gasteiger partial charge in [-0.25, -0.2) is 4.39 Å². The van der Waals surface area contributed by atoms with Crippen molar-refractivity contribution in [1.29, 1.82) is 0 Å². The van der Waals surface area contributed by atoms with Crippen molar-refractivity contribution in [2.24, 2.45) is 0 Å². The monoisotopic (exact) mass is 177 g/mol. The van der Waals surface area contributed by atoms with Crippen LogP contribution in [0.4, 0.5) is 4.39 Å². The molecule has 0 aliphatic heterocycles. The zero-order chi connectivity index (χ0) is 9.26. The standard InChI is InChI=1S/C9H6FN2O/c1-6-11-9(13-12-6)7-3-2-4-8(10)5-7/h2,4-5H,1H3. The summed E-state index contributed by atoms with van der Waals surface area (Å²) in [6.45, 7) is 1.70. The molecule has 2 aromatic rings. The summed E-state index contributed by atoms with van der Waals surface area (Å²) < 4.78 is 17.6. The van der Waals surface area contributed by atoms with Crippen LogP contribution >= 0.6 is 0 Å². The summed E-state index contributed by atoms with van der Waals surface area (Å²) in [5.41, 5.74) is 0.473. The van der Waals surface area contributed by atoms with Crippen LogP contribution in [0.25, 0.3) is 11.5 Å². The van der Waals surface area contributed by atoms with Crippen molar-refractivity contribution in [2.45, 2.75) is 6.92 Å². The minimum Gasteiger partial charge on any atom is -0.334 e. The molecule has 13 heavy (non-hydrogen) atoms. The van der Waals surface area contributed by atoms with E-state index in [4.69, 9.17) is 4.52 Å². The van der Waals surface area contributed by atoms with Crippen molar-refractivity contribution in [2.75, 3.05) is 0 Å². The summed E-state index contributed by atoms with van der Waals surface area (Å²) >= 11 is 0. The Balaban J connectivity index is 2.46. The second-order valence-electron chi connectivity index (χ2n) is 2.57. The number of hydrogen-bond acceptors (Lipinski definition) is 3. The first-order chi connectivity index (χ1) is 6.25. The molecule has 0 fully saturated rings. The van der Waals surface area contributed by atoms with Crippen molar-refractivity contribution >= 4 is 0 Å². The molecule has 0 unspecified atom stereocenters. The molecule has 0 aliphatic carbocycles. The van der Waals surface area contributed by atoms with E-state index in [2.05, 4.69) is 16.2 Å². The fourth-order valence-electron chi connectivity index (χ4n) is 0.969. The second kappa shape index (κ2) is 2.97. The number of aromatic nitrogens is 2. The van der Waals surface area contributed by atoms with Gasteiger partial charge in [-0.05, 0) is 25.1 Å². The molecule has 0 amide bonds. The first-order valence-corrected chi connectivity index (χ1v) is 3.73. The number of hydrogen-bond donors (Lipinski definition) is 0. The Labute approximate surface area is 74.2 Å². The van der Waals surface area contributed by atoms with Crippen LogP contribution in [-0.4, -0.2) is 10.1 Å². The average Bonchev–Trinajstić information content (AvgIpc) is 2.52. The molecular weight excluding hydrogens is 171 g/mol. The van der Waals surface area contributed by atoms with Crippen LogP contribution in [0.1, 0.15) is 5.82 Å². The van der Waals surface area contributed by atoms with E-state index < -0.39 is 0 Å². The number of benzene rings is 1. The highest BCUT2D eigenvalue weighted by Crippen LogP contribution is 2.16. The highest BCUT2D eigenvalue weighted by Gasteiger charge is 2.06. The highest BCUT2D eigenvalue weighted by molar-refractivity contribution is 5.51. The number of rotatable bonds is 1. The van der Waals surface area contributed by atoms with E-state index in [0.29, 0.717) is 11.4 Å². The third kappa shape index (κ3) is 1.56. The average molecular weight is 177 g/mol. The molecule has 1 aromatic heterocycles. The third-order valence-electron chi connectivity index (χ3n) is 1.52. The number of aryl methyl sites for hydroxylation is 1. The smallest absolute Gasteiger partial charge is 0.258 e. The van der Waals surface area contributed by atoms with E-state index in [1.807, 2.05) is 0 Å². The second-order valence-corrected chi connectivity index (χ2v) is 2.57. The van der Waals surface area contributed by atoms with Crippen LogP contribution in [0.5, 0.6) is 0 Å². The predicted octanol–water partition coefficient (Wildman–Crippen LogP) is 1.98. The van der Waals surface area contributed by atoms with Gasteiger partial charge in [0.1, 0.15) is 5.82 Å². The van der Waals surface area contributed by atoms with Gasteiger partial charge in [-0.3, -0.25) is 0 Å². The third-order valence-corrected chi connectivity index (χ3v) is 1.52. The molecule has 65 valence electrons. The van der Waals surface area contributed by atoms with Gasteiger partial charge in [0.05, 0.1) is 5.56 Å². The van der Waals surface area contributed by atoms with Crippen molar-refractivity contribution < 1.29 is 8.91 Å². The van der Waals surface area contributed by atoms with E-state index >= 15 is 0 Å². The summed E-state index contributed by atoms with van der Waals surface area (Å²) in [6, 6.07) is 6.89.